The molecule has 1 aromatic carbocycles. The Kier molecular flexibility index (Phi) is 14.7. The van der Waals surface area contributed by atoms with E-state index in [1.807, 2.05) is 32.0 Å². The summed E-state index contributed by atoms with van der Waals surface area (Å²) >= 11 is 0. The normalized spacial score (nSPS) is 13.2. The molecule has 13 heteroatoms. The van der Waals surface area contributed by atoms with Gasteiger partial charge in [-0.25, -0.2) is 4.79 Å². The van der Waals surface area contributed by atoms with Crippen molar-refractivity contribution in [2.45, 2.75) is 118 Å². The largest absolute Gasteiger partial charge is 0.459 e. The maximum atomic E-state index is 13.4. The smallest absolute Gasteiger partial charge is 0.408 e. The number of benzene rings is 1. The molecule has 258 valence electrons. The molecule has 0 fully saturated rings. The summed E-state index contributed by atoms with van der Waals surface area (Å²) in [6.07, 6.45) is -0.493. The molecular weight excluding hydrogens is 594 g/mol. The number of hydrogen-bond acceptors (Lipinski definition) is 8. The van der Waals surface area contributed by atoms with E-state index < -0.39 is 70.4 Å². The van der Waals surface area contributed by atoms with Crippen LogP contribution in [0, 0.1) is 11.8 Å². The third-order valence-corrected chi connectivity index (χ3v) is 6.58. The minimum Gasteiger partial charge on any atom is -0.459 e. The number of carbonyl (C=O) groups is 6. The Morgan fingerprint density at radius 1 is 0.739 bits per heavy atom. The van der Waals surface area contributed by atoms with Crippen LogP contribution < -0.4 is 26.6 Å². The van der Waals surface area contributed by atoms with E-state index in [1.54, 1.807) is 46.8 Å². The highest BCUT2D eigenvalue weighted by atomic mass is 16.6. The molecule has 1 rings (SSSR count). The van der Waals surface area contributed by atoms with Crippen molar-refractivity contribution < 1.29 is 38.2 Å². The number of carbonyl (C=O) groups excluding carboxylic acids is 6. The van der Waals surface area contributed by atoms with E-state index in [-0.39, 0.29) is 25.5 Å². The van der Waals surface area contributed by atoms with E-state index in [4.69, 9.17) is 9.47 Å². The second kappa shape index (κ2) is 17.0. The lowest BCUT2D eigenvalue weighted by Gasteiger charge is -2.33. The fourth-order valence-electron chi connectivity index (χ4n) is 4.11. The summed E-state index contributed by atoms with van der Waals surface area (Å²) in [5.41, 5.74) is -2.86. The van der Waals surface area contributed by atoms with Crippen molar-refractivity contribution in [2.75, 3.05) is 6.54 Å². The SMILES string of the molecule is CC(C)C[C@H](NC(=O)OCc1ccccc1)C(=O)NC(C)(C)C(=O)N[C@H](C(=O)NC(C)(C)C(=O)NCC(=O)OC(C)(C)C)C(C)C. The molecule has 0 spiro atoms. The number of hydrogen-bond donors (Lipinski definition) is 5. The minimum absolute atomic E-state index is 0.0252. The molecule has 0 radical (unpaired) electrons. The molecule has 0 heterocycles. The second-order valence-corrected chi connectivity index (χ2v) is 14.1. The van der Waals surface area contributed by atoms with Crippen molar-refractivity contribution in [1.82, 2.24) is 26.6 Å². The quantitative estimate of drug-likeness (QED) is 0.180. The van der Waals surface area contributed by atoms with E-state index in [0.717, 1.165) is 5.56 Å². The van der Waals surface area contributed by atoms with E-state index in [0.29, 0.717) is 0 Å². The lowest BCUT2D eigenvalue weighted by Crippen LogP contribution is -2.64. The zero-order chi connectivity index (χ0) is 35.5. The molecule has 0 unspecified atom stereocenters. The van der Waals surface area contributed by atoms with E-state index in [9.17, 15) is 28.8 Å². The summed E-state index contributed by atoms with van der Waals surface area (Å²) in [6, 6.07) is 7.03. The van der Waals surface area contributed by atoms with Gasteiger partial charge in [-0.3, -0.25) is 24.0 Å². The highest BCUT2D eigenvalue weighted by molar-refractivity contribution is 5.98. The van der Waals surface area contributed by atoms with Gasteiger partial charge in [0.25, 0.3) is 0 Å². The number of ether oxygens (including phenoxy) is 2. The van der Waals surface area contributed by atoms with Crippen LogP contribution >= 0.6 is 0 Å². The number of rotatable bonds is 15. The minimum atomic E-state index is -1.49. The first-order valence-corrected chi connectivity index (χ1v) is 15.5. The second-order valence-electron chi connectivity index (χ2n) is 14.1. The lowest BCUT2D eigenvalue weighted by atomic mass is 9.96. The van der Waals surface area contributed by atoms with Crippen LogP contribution in [0.4, 0.5) is 4.79 Å². The molecule has 1 aromatic rings. The molecule has 0 aromatic heterocycles. The molecule has 0 aliphatic carbocycles. The van der Waals surface area contributed by atoms with Gasteiger partial charge in [0.2, 0.25) is 23.6 Å². The molecule has 5 amide bonds. The topological polar surface area (TPSA) is 181 Å². The van der Waals surface area contributed by atoms with Gasteiger partial charge in [0.05, 0.1) is 0 Å². The van der Waals surface area contributed by atoms with Crippen molar-refractivity contribution in [1.29, 1.82) is 0 Å². The lowest BCUT2D eigenvalue weighted by molar-refractivity contribution is -0.154. The zero-order valence-electron chi connectivity index (χ0n) is 29.1. The summed E-state index contributed by atoms with van der Waals surface area (Å²) in [7, 11) is 0. The fourth-order valence-corrected chi connectivity index (χ4v) is 4.11. The zero-order valence-corrected chi connectivity index (χ0v) is 29.1. The van der Waals surface area contributed by atoms with Gasteiger partial charge in [0.15, 0.2) is 0 Å². The summed E-state index contributed by atoms with van der Waals surface area (Å²) in [4.78, 5) is 77.3. The van der Waals surface area contributed by atoms with Gasteiger partial charge in [0, 0.05) is 0 Å². The summed E-state index contributed by atoms with van der Waals surface area (Å²) in [5.74, 6) is -3.51. The van der Waals surface area contributed by atoms with Crippen molar-refractivity contribution in [3.8, 4) is 0 Å². The maximum absolute atomic E-state index is 13.4. The van der Waals surface area contributed by atoms with E-state index in [2.05, 4.69) is 26.6 Å². The van der Waals surface area contributed by atoms with Crippen molar-refractivity contribution in [2.24, 2.45) is 11.8 Å². The monoisotopic (exact) mass is 647 g/mol. The third kappa shape index (κ3) is 14.3. The number of esters is 1. The summed E-state index contributed by atoms with van der Waals surface area (Å²) in [5, 5.41) is 13.0. The van der Waals surface area contributed by atoms with Gasteiger partial charge in [-0.15, -0.1) is 0 Å². The maximum Gasteiger partial charge on any atom is 0.408 e. The fraction of sp³-hybridized carbons (Fsp3) is 0.636. The molecule has 0 aliphatic rings. The standard InChI is InChI=1S/C33H53N5O8/c1-20(2)17-23(35-30(44)45-19-22-15-13-12-14-16-22)26(40)37-33(10,11)29(43)36-25(21(3)4)27(41)38-32(8,9)28(42)34-18-24(39)46-31(5,6)7/h12-16,20-21,23,25H,17-19H2,1-11H3,(H,34,42)(H,35,44)(H,36,43)(H,37,40)(H,38,41)/t23-,25-/m0/s1. The number of nitrogens with one attached hydrogen (secondary N) is 5. The summed E-state index contributed by atoms with van der Waals surface area (Å²) < 4.78 is 10.5. The van der Waals surface area contributed by atoms with E-state index in [1.165, 1.54) is 27.7 Å². The van der Waals surface area contributed by atoms with Crippen LogP contribution in [0.25, 0.3) is 0 Å². The number of alkyl carbamates (subject to hydrolysis) is 1. The molecule has 2 atom stereocenters. The Hall–Kier alpha value is -4.16. The average Bonchev–Trinajstić information content (AvgIpc) is 2.91. The average molecular weight is 648 g/mol. The third-order valence-electron chi connectivity index (χ3n) is 6.58. The Morgan fingerprint density at radius 2 is 1.28 bits per heavy atom. The molecule has 46 heavy (non-hydrogen) atoms. The van der Waals surface area contributed by atoms with Crippen LogP contribution in [0.3, 0.4) is 0 Å². The number of amides is 5. The van der Waals surface area contributed by atoms with Crippen LogP contribution in [0.15, 0.2) is 30.3 Å². The first kappa shape index (κ1) is 39.9. The Morgan fingerprint density at radius 3 is 1.80 bits per heavy atom. The van der Waals surface area contributed by atoms with Gasteiger partial charge in [-0.05, 0) is 72.3 Å². The van der Waals surface area contributed by atoms with E-state index >= 15 is 0 Å². The molecule has 0 saturated heterocycles. The highest BCUT2D eigenvalue weighted by Gasteiger charge is 2.38. The highest BCUT2D eigenvalue weighted by Crippen LogP contribution is 2.13. The predicted octanol–water partition coefficient (Wildman–Crippen LogP) is 2.72. The van der Waals surface area contributed by atoms with Crippen LogP contribution in [-0.2, 0) is 40.1 Å². The predicted molar refractivity (Wildman–Crippen MR) is 173 cm³/mol. The van der Waals surface area contributed by atoms with Crippen LogP contribution in [0.2, 0.25) is 0 Å². The summed E-state index contributed by atoms with van der Waals surface area (Å²) in [6.45, 7) is 17.8. The van der Waals surface area contributed by atoms with Gasteiger partial charge in [0.1, 0.15) is 41.9 Å². The molecule has 5 N–H and O–H groups in total. The van der Waals surface area contributed by atoms with Gasteiger partial charge in [-0.1, -0.05) is 58.0 Å². The Balaban J connectivity index is 2.88. The van der Waals surface area contributed by atoms with Gasteiger partial charge >= 0.3 is 12.1 Å². The van der Waals surface area contributed by atoms with Crippen LogP contribution in [-0.4, -0.2) is 71.0 Å². The Labute approximate surface area is 272 Å². The van der Waals surface area contributed by atoms with Crippen LogP contribution in [0.5, 0.6) is 0 Å². The van der Waals surface area contributed by atoms with Crippen molar-refractivity contribution in [3.05, 3.63) is 35.9 Å². The Bertz CT molecular complexity index is 1220. The van der Waals surface area contributed by atoms with Gasteiger partial charge in [-0.2, -0.15) is 0 Å². The first-order valence-electron chi connectivity index (χ1n) is 15.5. The molecule has 13 nitrogen and oxygen atoms in total. The van der Waals surface area contributed by atoms with Crippen LogP contribution in [0.1, 0.15) is 88.1 Å². The first-order chi connectivity index (χ1) is 21.0. The molecular formula is C33H53N5O8. The van der Waals surface area contributed by atoms with Crippen molar-refractivity contribution >= 4 is 35.7 Å². The van der Waals surface area contributed by atoms with Gasteiger partial charge < -0.3 is 36.1 Å². The van der Waals surface area contributed by atoms with Crippen molar-refractivity contribution in [3.63, 3.8) is 0 Å². The molecule has 0 bridgehead atoms. The molecule has 0 aliphatic heterocycles. The molecule has 0 saturated carbocycles.